The Kier molecular flexibility index (Phi) is 5.78. The number of aryl methyl sites for hydroxylation is 1. The number of alkyl halides is 3. The number of piperidine rings is 1. The van der Waals surface area contributed by atoms with Gasteiger partial charge < -0.3 is 14.6 Å². The molecule has 0 spiro atoms. The molecule has 0 aromatic carbocycles. The molecule has 1 fully saturated rings. The molecule has 31 heavy (non-hydrogen) atoms. The van der Waals surface area contributed by atoms with E-state index in [1.165, 1.54) is 6.20 Å². The monoisotopic (exact) mass is 430 g/mol. The van der Waals surface area contributed by atoms with E-state index in [-0.39, 0.29) is 23.7 Å². The van der Waals surface area contributed by atoms with E-state index >= 15 is 0 Å². The van der Waals surface area contributed by atoms with Gasteiger partial charge in [-0.3, -0.25) is 0 Å². The zero-order chi connectivity index (χ0) is 22.0. The fourth-order valence-electron chi connectivity index (χ4n) is 3.80. The maximum absolute atomic E-state index is 13.8. The standard InChI is InChI=1S/C21H21F3N6O/c1-30-7-4-15-18(28-17(10-25)29-19(15)30)14-9-16(21(22,23)24)20(27-12-14)31-8-5-13-3-2-6-26-11-13/h4,7,9,12-13,26H,2-3,5-6,8,11H2,1H3. The molecule has 0 bridgehead atoms. The van der Waals surface area contributed by atoms with Crippen LogP contribution < -0.4 is 10.1 Å². The lowest BCUT2D eigenvalue weighted by molar-refractivity contribution is -0.139. The van der Waals surface area contributed by atoms with Crippen LogP contribution in [0.25, 0.3) is 22.3 Å². The first-order valence-corrected chi connectivity index (χ1v) is 10.0. The molecule has 1 unspecified atom stereocenters. The maximum Gasteiger partial charge on any atom is 0.421 e. The normalized spacial score (nSPS) is 16.9. The number of pyridine rings is 1. The summed E-state index contributed by atoms with van der Waals surface area (Å²) in [4.78, 5) is 12.2. The first-order chi connectivity index (χ1) is 14.9. The number of rotatable bonds is 5. The van der Waals surface area contributed by atoms with Crippen molar-refractivity contribution < 1.29 is 17.9 Å². The second-order valence-corrected chi connectivity index (χ2v) is 7.60. The van der Waals surface area contributed by atoms with Gasteiger partial charge in [-0.15, -0.1) is 0 Å². The number of nitrogens with zero attached hydrogens (tertiary/aromatic N) is 5. The van der Waals surface area contributed by atoms with Crippen molar-refractivity contribution in [2.75, 3.05) is 19.7 Å². The highest BCUT2D eigenvalue weighted by Gasteiger charge is 2.36. The summed E-state index contributed by atoms with van der Waals surface area (Å²) in [6.45, 7) is 1.99. The Labute approximate surface area is 176 Å². The SMILES string of the molecule is Cn1ccc2c(-c3cnc(OCCC4CCCNC4)c(C(F)(F)F)c3)nc(C#N)nc21. The van der Waals surface area contributed by atoms with Crippen LogP contribution in [0.1, 0.15) is 30.7 Å². The average molecular weight is 430 g/mol. The van der Waals surface area contributed by atoms with E-state index in [1.807, 2.05) is 6.07 Å². The zero-order valence-electron chi connectivity index (χ0n) is 16.9. The van der Waals surface area contributed by atoms with Crippen molar-refractivity contribution in [3.05, 3.63) is 35.9 Å². The van der Waals surface area contributed by atoms with E-state index in [4.69, 9.17) is 4.74 Å². The van der Waals surface area contributed by atoms with Crippen molar-refractivity contribution in [3.63, 3.8) is 0 Å². The minimum absolute atomic E-state index is 0.126. The predicted octanol–water partition coefficient (Wildman–Crippen LogP) is 3.69. The van der Waals surface area contributed by atoms with Gasteiger partial charge in [0.15, 0.2) is 0 Å². The second-order valence-electron chi connectivity index (χ2n) is 7.60. The molecule has 7 nitrogen and oxygen atoms in total. The molecule has 0 radical (unpaired) electrons. The van der Waals surface area contributed by atoms with E-state index < -0.39 is 17.6 Å². The average Bonchev–Trinajstić information content (AvgIpc) is 3.14. The van der Waals surface area contributed by atoms with Crippen LogP contribution >= 0.6 is 0 Å². The minimum Gasteiger partial charge on any atom is -0.477 e. The number of aromatic nitrogens is 4. The number of ether oxygens (including phenoxy) is 1. The fourth-order valence-corrected chi connectivity index (χ4v) is 3.80. The van der Waals surface area contributed by atoms with Gasteiger partial charge in [-0.25, -0.2) is 15.0 Å². The molecule has 1 saturated heterocycles. The van der Waals surface area contributed by atoms with Crippen molar-refractivity contribution in [1.82, 2.24) is 24.8 Å². The molecule has 1 aliphatic heterocycles. The van der Waals surface area contributed by atoms with Crippen LogP contribution in [0.2, 0.25) is 0 Å². The molecule has 0 saturated carbocycles. The first-order valence-electron chi connectivity index (χ1n) is 10.0. The molecular formula is C21H21F3N6O. The number of fused-ring (bicyclic) bond motifs is 1. The summed E-state index contributed by atoms with van der Waals surface area (Å²) in [7, 11) is 1.73. The molecule has 3 aromatic rings. The quantitative estimate of drug-likeness (QED) is 0.664. The Hall–Kier alpha value is -3.19. The second kappa shape index (κ2) is 8.51. The Bertz CT molecular complexity index is 1130. The lowest BCUT2D eigenvalue weighted by Crippen LogP contribution is -2.30. The molecule has 162 valence electrons. The molecule has 1 aliphatic rings. The third-order valence-corrected chi connectivity index (χ3v) is 5.42. The number of hydrogen-bond donors (Lipinski definition) is 1. The molecule has 1 N–H and O–H groups in total. The van der Waals surface area contributed by atoms with Crippen LogP contribution in [0, 0.1) is 17.2 Å². The summed E-state index contributed by atoms with van der Waals surface area (Å²) < 4.78 is 48.4. The minimum atomic E-state index is -4.65. The van der Waals surface area contributed by atoms with Gasteiger partial charge in [-0.2, -0.15) is 18.4 Å². The van der Waals surface area contributed by atoms with E-state index in [1.54, 1.807) is 23.9 Å². The number of halogens is 3. The van der Waals surface area contributed by atoms with Gasteiger partial charge in [0.25, 0.3) is 0 Å². The fraction of sp³-hybridized carbons (Fsp3) is 0.429. The summed E-state index contributed by atoms with van der Waals surface area (Å²) in [6, 6.07) is 4.52. The summed E-state index contributed by atoms with van der Waals surface area (Å²) >= 11 is 0. The summed E-state index contributed by atoms with van der Waals surface area (Å²) in [6.07, 6.45) is 1.11. The van der Waals surface area contributed by atoms with Crippen LogP contribution in [0.3, 0.4) is 0 Å². The number of nitrogens with one attached hydrogen (secondary N) is 1. The zero-order valence-corrected chi connectivity index (χ0v) is 16.9. The van der Waals surface area contributed by atoms with Crippen LogP contribution in [-0.4, -0.2) is 39.2 Å². The van der Waals surface area contributed by atoms with Crippen molar-refractivity contribution in [1.29, 1.82) is 5.26 Å². The van der Waals surface area contributed by atoms with Gasteiger partial charge in [-0.1, -0.05) is 0 Å². The Morgan fingerprint density at radius 1 is 1.35 bits per heavy atom. The van der Waals surface area contributed by atoms with Crippen LogP contribution in [0.4, 0.5) is 13.2 Å². The molecular weight excluding hydrogens is 409 g/mol. The molecule has 4 heterocycles. The van der Waals surface area contributed by atoms with Crippen molar-refractivity contribution in [2.24, 2.45) is 13.0 Å². The number of hydrogen-bond acceptors (Lipinski definition) is 6. The van der Waals surface area contributed by atoms with Crippen molar-refractivity contribution in [3.8, 4) is 23.2 Å². The lowest BCUT2D eigenvalue weighted by Gasteiger charge is -2.22. The Morgan fingerprint density at radius 2 is 2.19 bits per heavy atom. The van der Waals surface area contributed by atoms with E-state index in [0.29, 0.717) is 23.4 Å². The van der Waals surface area contributed by atoms with E-state index in [9.17, 15) is 18.4 Å². The third-order valence-electron chi connectivity index (χ3n) is 5.42. The highest BCUT2D eigenvalue weighted by molar-refractivity contribution is 5.91. The smallest absolute Gasteiger partial charge is 0.421 e. The van der Waals surface area contributed by atoms with Gasteiger partial charge in [0.1, 0.15) is 17.3 Å². The largest absolute Gasteiger partial charge is 0.477 e. The van der Waals surface area contributed by atoms with Crippen LogP contribution in [-0.2, 0) is 13.2 Å². The predicted molar refractivity (Wildman–Crippen MR) is 107 cm³/mol. The van der Waals surface area contributed by atoms with E-state index in [2.05, 4.69) is 20.3 Å². The highest BCUT2D eigenvalue weighted by Crippen LogP contribution is 2.38. The Balaban J connectivity index is 1.66. The molecule has 0 amide bonds. The number of nitriles is 1. The van der Waals surface area contributed by atoms with Crippen LogP contribution in [0.5, 0.6) is 5.88 Å². The summed E-state index contributed by atoms with van der Waals surface area (Å²) in [5.74, 6) is -0.183. The third kappa shape index (κ3) is 4.46. The van der Waals surface area contributed by atoms with Gasteiger partial charge in [0.2, 0.25) is 11.7 Å². The van der Waals surface area contributed by atoms with Crippen molar-refractivity contribution >= 4 is 11.0 Å². The van der Waals surface area contributed by atoms with Gasteiger partial charge in [-0.05, 0) is 50.4 Å². The molecule has 10 heteroatoms. The van der Waals surface area contributed by atoms with Crippen molar-refractivity contribution in [2.45, 2.75) is 25.4 Å². The summed E-state index contributed by atoms with van der Waals surface area (Å²) in [5, 5.41) is 13.0. The van der Waals surface area contributed by atoms with Gasteiger partial charge in [0, 0.05) is 30.4 Å². The molecule has 1 atom stereocenters. The van der Waals surface area contributed by atoms with E-state index in [0.717, 1.165) is 32.0 Å². The lowest BCUT2D eigenvalue weighted by atomic mass is 9.97. The summed E-state index contributed by atoms with van der Waals surface area (Å²) in [5.41, 5.74) is -0.143. The topological polar surface area (TPSA) is 88.6 Å². The first kappa shape index (κ1) is 21.1. The van der Waals surface area contributed by atoms with Crippen LogP contribution in [0.15, 0.2) is 24.5 Å². The highest BCUT2D eigenvalue weighted by atomic mass is 19.4. The molecule has 3 aromatic heterocycles. The Morgan fingerprint density at radius 3 is 2.90 bits per heavy atom. The molecule has 0 aliphatic carbocycles. The van der Waals surface area contributed by atoms with Gasteiger partial charge in [0.05, 0.1) is 12.3 Å². The van der Waals surface area contributed by atoms with Gasteiger partial charge >= 0.3 is 6.18 Å². The molecule has 4 rings (SSSR count). The maximum atomic E-state index is 13.8.